The summed E-state index contributed by atoms with van der Waals surface area (Å²) in [6.45, 7) is 1.92. The van der Waals surface area contributed by atoms with Crippen LogP contribution in [0.5, 0.6) is 0 Å². The van der Waals surface area contributed by atoms with E-state index in [1.165, 1.54) is 0 Å². The lowest BCUT2D eigenvalue weighted by Crippen LogP contribution is -2.27. The molecule has 0 saturated heterocycles. The van der Waals surface area contributed by atoms with Crippen LogP contribution < -0.4 is 11.1 Å². The Labute approximate surface area is 131 Å². The van der Waals surface area contributed by atoms with Crippen molar-refractivity contribution in [1.29, 1.82) is 0 Å². The van der Waals surface area contributed by atoms with Gasteiger partial charge in [-0.1, -0.05) is 39.7 Å². The Hall–Kier alpha value is -1.52. The van der Waals surface area contributed by atoms with Gasteiger partial charge in [0.25, 0.3) is 5.91 Å². The van der Waals surface area contributed by atoms with Gasteiger partial charge >= 0.3 is 0 Å². The first-order chi connectivity index (χ1) is 9.47. The number of amides is 1. The van der Waals surface area contributed by atoms with E-state index in [-0.39, 0.29) is 11.9 Å². The predicted molar refractivity (Wildman–Crippen MR) is 85.9 cm³/mol. The molecular weight excluding hydrogens is 340 g/mol. The summed E-state index contributed by atoms with van der Waals surface area (Å²) >= 11 is 9.20. The zero-order valence-electron chi connectivity index (χ0n) is 10.9. The Morgan fingerprint density at radius 1 is 1.25 bits per heavy atom. The Morgan fingerprint density at radius 2 is 1.90 bits per heavy atom. The highest BCUT2D eigenvalue weighted by Crippen LogP contribution is 2.20. The maximum Gasteiger partial charge on any atom is 0.253 e. The average Bonchev–Trinajstić information content (AvgIpc) is 2.39. The van der Waals surface area contributed by atoms with E-state index < -0.39 is 0 Å². The van der Waals surface area contributed by atoms with Crippen molar-refractivity contribution in [2.75, 3.05) is 5.73 Å². The van der Waals surface area contributed by atoms with Gasteiger partial charge in [-0.15, -0.1) is 0 Å². The van der Waals surface area contributed by atoms with Gasteiger partial charge in [0.15, 0.2) is 0 Å². The van der Waals surface area contributed by atoms with Crippen molar-refractivity contribution in [3.05, 3.63) is 63.1 Å². The van der Waals surface area contributed by atoms with E-state index in [4.69, 9.17) is 17.3 Å². The number of nitrogens with one attached hydrogen (secondary N) is 1. The molecule has 0 aromatic heterocycles. The molecule has 0 aliphatic carbocycles. The van der Waals surface area contributed by atoms with E-state index in [1.807, 2.05) is 31.2 Å². The minimum atomic E-state index is -0.213. The van der Waals surface area contributed by atoms with Crippen molar-refractivity contribution in [3.63, 3.8) is 0 Å². The minimum Gasteiger partial charge on any atom is -0.398 e. The number of carbonyl (C=O) groups is 1. The highest BCUT2D eigenvalue weighted by molar-refractivity contribution is 9.10. The van der Waals surface area contributed by atoms with Crippen molar-refractivity contribution in [1.82, 2.24) is 5.32 Å². The van der Waals surface area contributed by atoms with E-state index >= 15 is 0 Å². The number of rotatable bonds is 3. The lowest BCUT2D eigenvalue weighted by Gasteiger charge is -2.15. The topological polar surface area (TPSA) is 55.1 Å². The molecule has 1 atom stereocenters. The van der Waals surface area contributed by atoms with Gasteiger partial charge in [0.1, 0.15) is 0 Å². The van der Waals surface area contributed by atoms with Crippen molar-refractivity contribution in [2.45, 2.75) is 13.0 Å². The molecule has 0 radical (unpaired) electrons. The number of hydrogen-bond acceptors (Lipinski definition) is 2. The first kappa shape index (κ1) is 14.9. The molecule has 104 valence electrons. The Balaban J connectivity index is 2.13. The summed E-state index contributed by atoms with van der Waals surface area (Å²) in [6, 6.07) is 12.5. The maximum absolute atomic E-state index is 12.2. The third-order valence-electron chi connectivity index (χ3n) is 2.98. The molecule has 0 aliphatic rings. The third kappa shape index (κ3) is 3.52. The van der Waals surface area contributed by atoms with Crippen LogP contribution in [0.3, 0.4) is 0 Å². The molecule has 20 heavy (non-hydrogen) atoms. The number of halogens is 2. The van der Waals surface area contributed by atoms with Crippen LogP contribution >= 0.6 is 27.5 Å². The molecule has 0 saturated carbocycles. The van der Waals surface area contributed by atoms with E-state index in [0.717, 1.165) is 10.0 Å². The smallest absolute Gasteiger partial charge is 0.253 e. The van der Waals surface area contributed by atoms with Crippen molar-refractivity contribution in [3.8, 4) is 0 Å². The molecule has 1 amide bonds. The fourth-order valence-corrected chi connectivity index (χ4v) is 2.29. The molecule has 2 aromatic carbocycles. The minimum absolute atomic E-state index is 0.106. The fourth-order valence-electron chi connectivity index (χ4n) is 1.85. The van der Waals surface area contributed by atoms with Gasteiger partial charge in [-0.25, -0.2) is 0 Å². The fraction of sp³-hybridized carbons (Fsp3) is 0.133. The molecule has 3 nitrogen and oxygen atoms in total. The van der Waals surface area contributed by atoms with Crippen LogP contribution in [0.4, 0.5) is 5.69 Å². The molecule has 0 heterocycles. The molecule has 0 spiro atoms. The van der Waals surface area contributed by atoms with Gasteiger partial charge in [0.2, 0.25) is 0 Å². The van der Waals surface area contributed by atoms with Gasteiger partial charge < -0.3 is 11.1 Å². The van der Waals surface area contributed by atoms with Gasteiger partial charge in [-0.3, -0.25) is 4.79 Å². The van der Waals surface area contributed by atoms with Crippen molar-refractivity contribution in [2.24, 2.45) is 0 Å². The van der Waals surface area contributed by atoms with E-state index in [1.54, 1.807) is 18.2 Å². The number of benzene rings is 2. The summed E-state index contributed by atoms with van der Waals surface area (Å²) in [5.41, 5.74) is 7.63. The molecule has 2 rings (SSSR count). The number of nitrogen functional groups attached to an aromatic ring is 1. The van der Waals surface area contributed by atoms with Crippen LogP contribution in [-0.4, -0.2) is 5.91 Å². The SMILES string of the molecule is C[C@H](NC(=O)c1ccc(Cl)cc1N)c1ccc(Br)cc1. The second-order valence-electron chi connectivity index (χ2n) is 4.48. The van der Waals surface area contributed by atoms with Crippen LogP contribution in [0.2, 0.25) is 5.02 Å². The molecule has 5 heteroatoms. The largest absolute Gasteiger partial charge is 0.398 e. The van der Waals surface area contributed by atoms with Gasteiger partial charge in [0.05, 0.1) is 11.6 Å². The van der Waals surface area contributed by atoms with Crippen LogP contribution in [0, 0.1) is 0 Å². The summed E-state index contributed by atoms with van der Waals surface area (Å²) in [4.78, 5) is 12.2. The quantitative estimate of drug-likeness (QED) is 0.813. The van der Waals surface area contributed by atoms with Crippen LogP contribution in [0.25, 0.3) is 0 Å². The van der Waals surface area contributed by atoms with Crippen LogP contribution in [-0.2, 0) is 0 Å². The van der Waals surface area contributed by atoms with Gasteiger partial charge in [-0.05, 0) is 42.8 Å². The molecular formula is C15H14BrClN2O. The first-order valence-electron chi connectivity index (χ1n) is 6.08. The zero-order chi connectivity index (χ0) is 14.7. The average molecular weight is 354 g/mol. The third-order valence-corrected chi connectivity index (χ3v) is 3.74. The highest BCUT2D eigenvalue weighted by atomic mass is 79.9. The van der Waals surface area contributed by atoms with Gasteiger partial charge in [0, 0.05) is 15.2 Å². The second-order valence-corrected chi connectivity index (χ2v) is 5.83. The summed E-state index contributed by atoms with van der Waals surface area (Å²) in [6.07, 6.45) is 0. The Bertz CT molecular complexity index is 628. The van der Waals surface area contributed by atoms with Crippen molar-refractivity contribution < 1.29 is 4.79 Å². The molecule has 3 N–H and O–H groups in total. The molecule has 2 aromatic rings. The van der Waals surface area contributed by atoms with Crippen molar-refractivity contribution >= 4 is 39.1 Å². The second kappa shape index (κ2) is 6.29. The van der Waals surface area contributed by atoms with E-state index in [2.05, 4.69) is 21.2 Å². The summed E-state index contributed by atoms with van der Waals surface area (Å²) in [5, 5.41) is 3.43. The predicted octanol–water partition coefficient (Wildman–Crippen LogP) is 4.18. The lowest BCUT2D eigenvalue weighted by atomic mass is 10.1. The normalized spacial score (nSPS) is 11.9. The highest BCUT2D eigenvalue weighted by Gasteiger charge is 2.14. The lowest BCUT2D eigenvalue weighted by molar-refractivity contribution is 0.0941. The zero-order valence-corrected chi connectivity index (χ0v) is 13.2. The van der Waals surface area contributed by atoms with Crippen LogP contribution in [0.15, 0.2) is 46.9 Å². The number of hydrogen-bond donors (Lipinski definition) is 2. The number of anilines is 1. The Kier molecular flexibility index (Phi) is 4.68. The van der Waals surface area contributed by atoms with E-state index in [9.17, 15) is 4.79 Å². The number of nitrogens with two attached hydrogens (primary N) is 1. The van der Waals surface area contributed by atoms with E-state index in [0.29, 0.717) is 16.3 Å². The summed E-state index contributed by atoms with van der Waals surface area (Å²) in [7, 11) is 0. The molecule has 0 unspecified atom stereocenters. The summed E-state index contributed by atoms with van der Waals surface area (Å²) in [5.74, 6) is -0.213. The first-order valence-corrected chi connectivity index (χ1v) is 7.26. The van der Waals surface area contributed by atoms with Gasteiger partial charge in [-0.2, -0.15) is 0 Å². The molecule has 0 bridgehead atoms. The maximum atomic E-state index is 12.2. The standard InChI is InChI=1S/C15H14BrClN2O/c1-9(10-2-4-11(16)5-3-10)19-15(20)13-7-6-12(17)8-14(13)18/h2-9H,18H2,1H3,(H,19,20)/t9-/m0/s1. The molecule has 0 fully saturated rings. The number of carbonyl (C=O) groups excluding carboxylic acids is 1. The van der Waals surface area contributed by atoms with Crippen LogP contribution in [0.1, 0.15) is 28.9 Å². The summed E-state index contributed by atoms with van der Waals surface area (Å²) < 4.78 is 1.00. The molecule has 0 aliphatic heterocycles. The monoisotopic (exact) mass is 352 g/mol. The Morgan fingerprint density at radius 3 is 2.50 bits per heavy atom.